The van der Waals surface area contributed by atoms with Gasteiger partial charge in [0.1, 0.15) is 5.75 Å². The molecule has 1 aromatic carbocycles. The highest BCUT2D eigenvalue weighted by Gasteiger charge is 2.28. The molecule has 5 nitrogen and oxygen atoms in total. The first-order chi connectivity index (χ1) is 8.95. The molecule has 2 rings (SSSR count). The summed E-state index contributed by atoms with van der Waals surface area (Å²) in [6.07, 6.45) is 1.40. The Labute approximate surface area is 121 Å². The Hall–Kier alpha value is -0.630. The Bertz CT molecular complexity index is 554. The number of halogens is 1. The fourth-order valence-electron chi connectivity index (χ4n) is 2.07. The number of hydrogen-bond acceptors (Lipinski definition) is 4. The van der Waals surface area contributed by atoms with E-state index in [2.05, 4.69) is 15.9 Å². The van der Waals surface area contributed by atoms with E-state index in [1.807, 2.05) is 0 Å². The summed E-state index contributed by atoms with van der Waals surface area (Å²) in [6.45, 7) is 0.948. The zero-order valence-electron chi connectivity index (χ0n) is 10.7. The van der Waals surface area contributed by atoms with Crippen LogP contribution in [0.2, 0.25) is 0 Å². The molecule has 1 aliphatic heterocycles. The van der Waals surface area contributed by atoms with Crippen molar-refractivity contribution >= 4 is 26.0 Å². The Morgan fingerprint density at radius 3 is 2.58 bits per heavy atom. The number of ether oxygens (including phenoxy) is 1. The lowest BCUT2D eigenvalue weighted by Crippen LogP contribution is -2.42. The van der Waals surface area contributed by atoms with Crippen molar-refractivity contribution in [2.75, 3.05) is 20.2 Å². The number of nitrogens with zero attached hydrogens (tertiary/aromatic N) is 1. The molecule has 7 heteroatoms. The van der Waals surface area contributed by atoms with Gasteiger partial charge in [0.25, 0.3) is 0 Å². The molecule has 0 radical (unpaired) electrons. The maximum absolute atomic E-state index is 12.5. The first-order valence-electron chi connectivity index (χ1n) is 6.04. The molecule has 0 atom stereocenters. The predicted molar refractivity (Wildman–Crippen MR) is 76.7 cm³/mol. The molecule has 0 unspecified atom stereocenters. The van der Waals surface area contributed by atoms with Crippen LogP contribution < -0.4 is 10.5 Å². The number of piperidine rings is 1. The minimum atomic E-state index is -3.46. The second kappa shape index (κ2) is 5.78. The monoisotopic (exact) mass is 348 g/mol. The van der Waals surface area contributed by atoms with E-state index in [0.717, 1.165) is 4.47 Å². The zero-order valence-corrected chi connectivity index (χ0v) is 13.1. The van der Waals surface area contributed by atoms with E-state index in [1.165, 1.54) is 17.5 Å². The molecule has 0 bridgehead atoms. The van der Waals surface area contributed by atoms with Crippen molar-refractivity contribution in [2.24, 2.45) is 5.73 Å². The molecule has 106 valence electrons. The van der Waals surface area contributed by atoms with Crippen molar-refractivity contribution in [1.82, 2.24) is 4.31 Å². The average molecular weight is 349 g/mol. The molecule has 0 saturated carbocycles. The van der Waals surface area contributed by atoms with Gasteiger partial charge in [-0.25, -0.2) is 8.42 Å². The number of hydrogen-bond donors (Lipinski definition) is 1. The summed E-state index contributed by atoms with van der Waals surface area (Å²) >= 11 is 3.31. The van der Waals surface area contributed by atoms with Gasteiger partial charge in [0.2, 0.25) is 10.0 Å². The van der Waals surface area contributed by atoms with Crippen molar-refractivity contribution in [2.45, 2.75) is 23.8 Å². The quantitative estimate of drug-likeness (QED) is 0.899. The Kier molecular flexibility index (Phi) is 4.50. The summed E-state index contributed by atoms with van der Waals surface area (Å²) in [5, 5.41) is 0. The van der Waals surface area contributed by atoms with Crippen LogP contribution in [-0.4, -0.2) is 39.0 Å². The molecule has 2 N–H and O–H groups in total. The van der Waals surface area contributed by atoms with Crippen LogP contribution >= 0.6 is 15.9 Å². The summed E-state index contributed by atoms with van der Waals surface area (Å²) in [5.41, 5.74) is 5.80. The minimum Gasteiger partial charge on any atom is -0.496 e. The van der Waals surface area contributed by atoms with Crippen molar-refractivity contribution in [3.8, 4) is 5.75 Å². The minimum absolute atomic E-state index is 0.103. The first-order valence-corrected chi connectivity index (χ1v) is 8.27. The van der Waals surface area contributed by atoms with Crippen LogP contribution in [0.15, 0.2) is 27.6 Å². The van der Waals surface area contributed by atoms with Crippen LogP contribution in [0.25, 0.3) is 0 Å². The second-order valence-electron chi connectivity index (χ2n) is 4.54. The lowest BCUT2D eigenvalue weighted by molar-refractivity contribution is 0.320. The van der Waals surface area contributed by atoms with Crippen molar-refractivity contribution in [1.29, 1.82) is 0 Å². The molecule has 1 saturated heterocycles. The van der Waals surface area contributed by atoms with Crippen molar-refractivity contribution in [3.63, 3.8) is 0 Å². The zero-order chi connectivity index (χ0) is 14.0. The summed E-state index contributed by atoms with van der Waals surface area (Å²) < 4.78 is 32.3. The van der Waals surface area contributed by atoms with Gasteiger partial charge in [0.15, 0.2) is 0 Å². The van der Waals surface area contributed by atoms with Crippen LogP contribution in [0, 0.1) is 0 Å². The van der Waals surface area contributed by atoms with Crippen molar-refractivity contribution in [3.05, 3.63) is 22.7 Å². The van der Waals surface area contributed by atoms with E-state index in [0.29, 0.717) is 31.7 Å². The standard InChI is InChI=1S/C12H17BrN2O3S/c1-18-12-8-10(2-3-11(12)13)19(16,17)15-6-4-9(14)5-7-15/h2-3,8-9H,4-7,14H2,1H3. The Morgan fingerprint density at radius 1 is 1.37 bits per heavy atom. The van der Waals surface area contributed by atoms with E-state index in [9.17, 15) is 8.42 Å². The van der Waals surface area contributed by atoms with Crippen LogP contribution in [0.1, 0.15) is 12.8 Å². The van der Waals surface area contributed by atoms with Gasteiger partial charge in [-0.1, -0.05) is 0 Å². The largest absolute Gasteiger partial charge is 0.496 e. The van der Waals surface area contributed by atoms with Gasteiger partial charge in [-0.3, -0.25) is 0 Å². The molecule has 0 aromatic heterocycles. The van der Waals surface area contributed by atoms with Gasteiger partial charge in [-0.05, 0) is 40.9 Å². The topological polar surface area (TPSA) is 72.6 Å². The third kappa shape index (κ3) is 3.10. The van der Waals surface area contributed by atoms with Gasteiger partial charge in [0.05, 0.1) is 16.5 Å². The molecule has 0 spiro atoms. The van der Waals surface area contributed by atoms with Gasteiger partial charge < -0.3 is 10.5 Å². The van der Waals surface area contributed by atoms with Crippen LogP contribution in [0.5, 0.6) is 5.75 Å². The number of benzene rings is 1. The van der Waals surface area contributed by atoms with Crippen LogP contribution in [-0.2, 0) is 10.0 Å². The number of sulfonamides is 1. The van der Waals surface area contributed by atoms with Gasteiger partial charge in [0, 0.05) is 25.2 Å². The average Bonchev–Trinajstić information content (AvgIpc) is 2.39. The lowest BCUT2D eigenvalue weighted by atomic mass is 10.1. The highest BCUT2D eigenvalue weighted by Crippen LogP contribution is 2.29. The van der Waals surface area contributed by atoms with Gasteiger partial charge >= 0.3 is 0 Å². The predicted octanol–water partition coefficient (Wildman–Crippen LogP) is 1.57. The van der Waals surface area contributed by atoms with Gasteiger partial charge in [-0.15, -0.1) is 0 Å². The first kappa shape index (κ1) is 14.8. The Balaban J connectivity index is 2.29. The second-order valence-corrected chi connectivity index (χ2v) is 7.33. The van der Waals surface area contributed by atoms with E-state index in [1.54, 1.807) is 12.1 Å². The van der Waals surface area contributed by atoms with E-state index < -0.39 is 10.0 Å². The number of rotatable bonds is 3. The smallest absolute Gasteiger partial charge is 0.243 e. The highest BCUT2D eigenvalue weighted by molar-refractivity contribution is 9.10. The van der Waals surface area contributed by atoms with Crippen LogP contribution in [0.4, 0.5) is 0 Å². The molecule has 0 aliphatic carbocycles. The van der Waals surface area contributed by atoms with E-state index >= 15 is 0 Å². The van der Waals surface area contributed by atoms with Crippen LogP contribution in [0.3, 0.4) is 0 Å². The molecular formula is C12H17BrN2O3S. The van der Waals surface area contributed by atoms with E-state index in [4.69, 9.17) is 10.5 Å². The summed E-state index contributed by atoms with van der Waals surface area (Å²) in [5.74, 6) is 0.509. The molecule has 1 fully saturated rings. The lowest BCUT2D eigenvalue weighted by Gasteiger charge is -2.29. The molecular weight excluding hydrogens is 332 g/mol. The summed E-state index contributed by atoms with van der Waals surface area (Å²) in [7, 11) is -1.95. The molecule has 19 heavy (non-hydrogen) atoms. The normalized spacial score (nSPS) is 18.5. The number of nitrogens with two attached hydrogens (primary N) is 1. The van der Waals surface area contributed by atoms with Gasteiger partial charge in [-0.2, -0.15) is 4.31 Å². The third-order valence-electron chi connectivity index (χ3n) is 3.26. The molecule has 1 aliphatic rings. The Morgan fingerprint density at radius 2 is 2.00 bits per heavy atom. The SMILES string of the molecule is COc1cc(S(=O)(=O)N2CCC(N)CC2)ccc1Br. The van der Waals surface area contributed by atoms with Crippen molar-refractivity contribution < 1.29 is 13.2 Å². The fourth-order valence-corrected chi connectivity index (χ4v) is 3.96. The summed E-state index contributed by atoms with van der Waals surface area (Å²) in [4.78, 5) is 0.253. The number of methoxy groups -OCH3 is 1. The maximum atomic E-state index is 12.5. The summed E-state index contributed by atoms with van der Waals surface area (Å²) in [6, 6.07) is 4.90. The van der Waals surface area contributed by atoms with E-state index in [-0.39, 0.29) is 10.9 Å². The highest BCUT2D eigenvalue weighted by atomic mass is 79.9. The molecule has 1 heterocycles. The fraction of sp³-hybridized carbons (Fsp3) is 0.500. The molecule has 1 aromatic rings. The molecule has 0 amide bonds. The maximum Gasteiger partial charge on any atom is 0.243 e. The third-order valence-corrected chi connectivity index (χ3v) is 5.81.